The second-order valence-corrected chi connectivity index (χ2v) is 7.29. The van der Waals surface area contributed by atoms with E-state index in [9.17, 15) is 14.7 Å². The minimum Gasteiger partial charge on any atom is -0.478 e. The molecule has 1 aromatic carbocycles. The lowest BCUT2D eigenvalue weighted by Crippen LogP contribution is -2.33. The van der Waals surface area contributed by atoms with E-state index in [4.69, 9.17) is 5.11 Å². The molecule has 1 amide bonds. The van der Waals surface area contributed by atoms with E-state index in [2.05, 4.69) is 11.8 Å². The molecule has 5 heteroatoms. The molecule has 0 saturated carbocycles. The number of aryl methyl sites for hydroxylation is 1. The van der Waals surface area contributed by atoms with Crippen LogP contribution in [0.3, 0.4) is 0 Å². The van der Waals surface area contributed by atoms with Crippen LogP contribution in [0.25, 0.3) is 0 Å². The smallest absolute Gasteiger partial charge is 0.335 e. The zero-order valence-electron chi connectivity index (χ0n) is 16.6. The third kappa shape index (κ3) is 6.24. The van der Waals surface area contributed by atoms with Gasteiger partial charge in [-0.3, -0.25) is 4.79 Å². The highest BCUT2D eigenvalue weighted by Gasteiger charge is 2.28. The van der Waals surface area contributed by atoms with Gasteiger partial charge in [0, 0.05) is 19.4 Å². The Morgan fingerprint density at radius 1 is 1.43 bits per heavy atom. The Balaban J connectivity index is 1.89. The Labute approximate surface area is 167 Å². The number of carboxylic acid groups (broad SMARTS) is 1. The molecule has 3 atom stereocenters. The minimum absolute atomic E-state index is 0.0111. The summed E-state index contributed by atoms with van der Waals surface area (Å²) in [6, 6.07) is 6.93. The number of carboxylic acids is 1. The van der Waals surface area contributed by atoms with E-state index in [1.807, 2.05) is 24.0 Å². The number of aromatic carboxylic acids is 1. The summed E-state index contributed by atoms with van der Waals surface area (Å²) in [7, 11) is 0. The predicted molar refractivity (Wildman–Crippen MR) is 109 cm³/mol. The van der Waals surface area contributed by atoms with Crippen LogP contribution in [0.5, 0.6) is 0 Å². The topological polar surface area (TPSA) is 77.8 Å². The van der Waals surface area contributed by atoms with Gasteiger partial charge < -0.3 is 15.1 Å². The number of hydrogen-bond acceptors (Lipinski definition) is 3. The predicted octanol–water partition coefficient (Wildman–Crippen LogP) is 3.28. The lowest BCUT2D eigenvalue weighted by Gasteiger charge is -2.23. The van der Waals surface area contributed by atoms with E-state index in [1.54, 1.807) is 31.2 Å². The first-order valence-corrected chi connectivity index (χ1v) is 9.80. The van der Waals surface area contributed by atoms with Crippen molar-refractivity contribution in [2.24, 2.45) is 5.92 Å². The quantitative estimate of drug-likeness (QED) is 0.507. The molecule has 2 N–H and O–H groups in total. The number of likely N-dealkylation sites (tertiary alicyclic amines) is 1. The highest BCUT2D eigenvalue weighted by atomic mass is 16.4. The van der Waals surface area contributed by atoms with E-state index in [0.29, 0.717) is 19.4 Å². The molecule has 0 spiro atoms. The molecule has 0 aromatic heterocycles. The number of carbonyl (C=O) groups is 2. The van der Waals surface area contributed by atoms with Gasteiger partial charge in [0.25, 0.3) is 0 Å². The molecule has 28 heavy (non-hydrogen) atoms. The monoisotopic (exact) mass is 383 g/mol. The van der Waals surface area contributed by atoms with E-state index >= 15 is 0 Å². The number of carbonyl (C=O) groups excluding carboxylic acids is 1. The molecule has 1 fully saturated rings. The number of amides is 1. The summed E-state index contributed by atoms with van der Waals surface area (Å²) in [4.78, 5) is 25.2. The van der Waals surface area contributed by atoms with Crippen LogP contribution >= 0.6 is 0 Å². The van der Waals surface area contributed by atoms with E-state index in [1.165, 1.54) is 0 Å². The van der Waals surface area contributed by atoms with Gasteiger partial charge in [0.1, 0.15) is 0 Å². The van der Waals surface area contributed by atoms with Crippen LogP contribution in [0.2, 0.25) is 0 Å². The molecular formula is C23H29NO4. The molecule has 150 valence electrons. The Bertz CT molecular complexity index is 774. The van der Waals surface area contributed by atoms with Crippen LogP contribution in [0, 0.1) is 17.8 Å². The third-order valence-corrected chi connectivity index (χ3v) is 5.13. The molecule has 0 aliphatic carbocycles. The Hall–Kier alpha value is -2.58. The van der Waals surface area contributed by atoms with Crippen molar-refractivity contribution in [3.05, 3.63) is 47.5 Å². The second-order valence-electron chi connectivity index (χ2n) is 7.29. The average molecular weight is 383 g/mol. The summed E-state index contributed by atoms with van der Waals surface area (Å²) in [5.41, 5.74) is 1.24. The molecule has 5 nitrogen and oxygen atoms in total. The first kappa shape index (κ1) is 21.7. The van der Waals surface area contributed by atoms with Gasteiger partial charge in [0.05, 0.1) is 17.7 Å². The largest absolute Gasteiger partial charge is 0.478 e. The van der Waals surface area contributed by atoms with Crippen molar-refractivity contribution in [1.82, 2.24) is 4.90 Å². The molecule has 1 aromatic rings. The van der Waals surface area contributed by atoms with Gasteiger partial charge in [0.2, 0.25) is 5.91 Å². The van der Waals surface area contributed by atoms with E-state index in [0.717, 1.165) is 24.8 Å². The van der Waals surface area contributed by atoms with Gasteiger partial charge in [-0.1, -0.05) is 31.2 Å². The van der Waals surface area contributed by atoms with Crippen LogP contribution in [0.4, 0.5) is 0 Å². The van der Waals surface area contributed by atoms with Crippen molar-refractivity contribution in [2.75, 3.05) is 6.54 Å². The minimum atomic E-state index is -0.931. The normalized spacial score (nSPS) is 18.8. The molecule has 1 saturated heterocycles. The van der Waals surface area contributed by atoms with Crippen LogP contribution < -0.4 is 0 Å². The fraction of sp³-hybridized carbons (Fsp3) is 0.478. The molecule has 1 aliphatic heterocycles. The fourth-order valence-electron chi connectivity index (χ4n) is 3.38. The fourth-order valence-corrected chi connectivity index (χ4v) is 3.38. The highest BCUT2D eigenvalue weighted by Crippen LogP contribution is 2.21. The molecule has 0 radical (unpaired) electrons. The van der Waals surface area contributed by atoms with Gasteiger partial charge in [-0.2, -0.15) is 0 Å². The first-order chi connectivity index (χ1) is 13.4. The first-order valence-electron chi connectivity index (χ1n) is 9.80. The molecule has 1 heterocycles. The Kier molecular flexibility index (Phi) is 8.28. The maximum atomic E-state index is 12.2. The molecule has 1 aliphatic rings. The van der Waals surface area contributed by atoms with Crippen LogP contribution in [-0.4, -0.2) is 45.7 Å². The maximum Gasteiger partial charge on any atom is 0.335 e. The van der Waals surface area contributed by atoms with Crippen molar-refractivity contribution in [1.29, 1.82) is 0 Å². The van der Waals surface area contributed by atoms with Gasteiger partial charge in [-0.05, 0) is 49.8 Å². The number of rotatable bonds is 9. The van der Waals surface area contributed by atoms with Crippen LogP contribution in [-0.2, 0) is 11.2 Å². The number of aliphatic hydroxyl groups excluding tert-OH is 1. The maximum absolute atomic E-state index is 12.2. The summed E-state index contributed by atoms with van der Waals surface area (Å²) in [5.74, 6) is 5.07. The van der Waals surface area contributed by atoms with E-state index < -0.39 is 12.1 Å². The number of hydrogen-bond donors (Lipinski definition) is 2. The van der Waals surface area contributed by atoms with Crippen molar-refractivity contribution in [2.45, 2.75) is 58.1 Å². The lowest BCUT2D eigenvalue weighted by molar-refractivity contribution is -0.128. The van der Waals surface area contributed by atoms with Crippen molar-refractivity contribution < 1.29 is 19.8 Å². The molecule has 0 bridgehead atoms. The Morgan fingerprint density at radius 2 is 2.21 bits per heavy atom. The second kappa shape index (κ2) is 10.7. The van der Waals surface area contributed by atoms with Crippen LogP contribution in [0.15, 0.2) is 36.4 Å². The Morgan fingerprint density at radius 3 is 2.93 bits per heavy atom. The summed E-state index contributed by atoms with van der Waals surface area (Å²) in [5, 5.41) is 19.3. The number of nitrogens with zero attached hydrogens (tertiary/aromatic N) is 1. The lowest BCUT2D eigenvalue weighted by atomic mass is 10.00. The zero-order chi connectivity index (χ0) is 20.5. The van der Waals surface area contributed by atoms with Gasteiger partial charge in [-0.15, -0.1) is 11.8 Å². The third-order valence-electron chi connectivity index (χ3n) is 5.13. The van der Waals surface area contributed by atoms with E-state index in [-0.39, 0.29) is 23.4 Å². The average Bonchev–Trinajstić information content (AvgIpc) is 3.04. The molecule has 1 unspecified atom stereocenters. The standard InChI is InChI=1S/C23H29NO4/c1-3-4-7-17(2)21(25)13-11-20-12-14-22(26)24(20)15-6-9-18-8-5-10-19(16-18)23(27)28/h5,8,10-11,13,16-17,20-21,25H,6-7,9,12,14-15H2,1-2H3,(H,27,28)/t17-,20?,21+/m0/s1. The van der Waals surface area contributed by atoms with Crippen LogP contribution in [0.1, 0.15) is 55.5 Å². The number of benzene rings is 1. The zero-order valence-corrected chi connectivity index (χ0v) is 16.6. The van der Waals surface area contributed by atoms with Crippen molar-refractivity contribution >= 4 is 11.9 Å². The summed E-state index contributed by atoms with van der Waals surface area (Å²) < 4.78 is 0. The summed E-state index contributed by atoms with van der Waals surface area (Å²) >= 11 is 0. The SMILES string of the molecule is CC#CC[C@H](C)[C@H](O)C=CC1CCC(=O)N1CCCc1cccc(C(=O)O)c1. The highest BCUT2D eigenvalue weighted by molar-refractivity contribution is 5.87. The number of aliphatic hydroxyl groups is 1. The van der Waals surface area contributed by atoms with Gasteiger partial charge >= 0.3 is 5.97 Å². The van der Waals surface area contributed by atoms with Crippen molar-refractivity contribution in [3.63, 3.8) is 0 Å². The van der Waals surface area contributed by atoms with Crippen molar-refractivity contribution in [3.8, 4) is 11.8 Å². The molecule has 2 rings (SSSR count). The summed E-state index contributed by atoms with van der Waals surface area (Å²) in [6.45, 7) is 4.37. The van der Waals surface area contributed by atoms with Gasteiger partial charge in [0.15, 0.2) is 0 Å². The molecular weight excluding hydrogens is 354 g/mol. The van der Waals surface area contributed by atoms with Gasteiger partial charge in [-0.25, -0.2) is 4.79 Å². The summed E-state index contributed by atoms with van der Waals surface area (Å²) in [6.07, 6.45) is 6.57.